The van der Waals surface area contributed by atoms with E-state index in [-0.39, 0.29) is 6.42 Å². The van der Waals surface area contributed by atoms with Crippen LogP contribution >= 0.6 is 11.8 Å². The van der Waals surface area contributed by atoms with Crippen molar-refractivity contribution in [3.63, 3.8) is 0 Å². The first-order valence-electron chi connectivity index (χ1n) is 6.48. The zero-order chi connectivity index (χ0) is 13.7. The van der Waals surface area contributed by atoms with Gasteiger partial charge in [-0.3, -0.25) is 4.79 Å². The summed E-state index contributed by atoms with van der Waals surface area (Å²) in [7, 11) is 0. The number of hydrogen-bond acceptors (Lipinski definition) is 4. The third-order valence-electron chi connectivity index (χ3n) is 3.19. The van der Waals surface area contributed by atoms with Crippen LogP contribution in [0.4, 0.5) is 0 Å². The molecule has 4 nitrogen and oxygen atoms in total. The molecule has 0 aliphatic heterocycles. The Labute approximate surface area is 116 Å². The molecule has 0 atom stereocenters. The average molecular weight is 276 g/mol. The summed E-state index contributed by atoms with van der Waals surface area (Å²) in [6.07, 6.45) is 5.56. The first kappa shape index (κ1) is 13.9. The van der Waals surface area contributed by atoms with E-state index in [9.17, 15) is 10.1 Å². The van der Waals surface area contributed by atoms with E-state index in [1.807, 2.05) is 6.07 Å². The topological polar surface area (TPSA) is 74.0 Å². The number of aromatic nitrogens is 1. The lowest BCUT2D eigenvalue weighted by molar-refractivity contribution is -0.136. The van der Waals surface area contributed by atoms with E-state index in [1.54, 1.807) is 0 Å². The average Bonchev–Trinajstić information content (AvgIpc) is 2.62. The Morgan fingerprint density at radius 2 is 2.21 bits per heavy atom. The first-order valence-corrected chi connectivity index (χ1v) is 7.46. The lowest BCUT2D eigenvalue weighted by Gasteiger charge is -2.09. The molecule has 19 heavy (non-hydrogen) atoms. The van der Waals surface area contributed by atoms with Crippen LogP contribution in [-0.2, 0) is 17.6 Å². The highest BCUT2D eigenvalue weighted by molar-refractivity contribution is 7.99. The van der Waals surface area contributed by atoms with E-state index in [4.69, 9.17) is 5.11 Å². The molecule has 0 spiro atoms. The van der Waals surface area contributed by atoms with Crippen molar-refractivity contribution in [2.75, 3.05) is 5.75 Å². The second kappa shape index (κ2) is 6.58. The van der Waals surface area contributed by atoms with E-state index in [0.29, 0.717) is 16.3 Å². The number of aryl methyl sites for hydroxylation is 2. The summed E-state index contributed by atoms with van der Waals surface area (Å²) in [6, 6.07) is 4.11. The molecule has 0 fully saturated rings. The molecule has 0 saturated heterocycles. The fraction of sp³-hybridized carbons (Fsp3) is 0.500. The van der Waals surface area contributed by atoms with E-state index in [1.165, 1.54) is 23.7 Å². The van der Waals surface area contributed by atoms with Gasteiger partial charge in [-0.1, -0.05) is 6.42 Å². The number of aliphatic carboxylic acids is 1. The molecular weight excluding hydrogens is 260 g/mol. The maximum Gasteiger partial charge on any atom is 0.304 e. The van der Waals surface area contributed by atoms with Gasteiger partial charge in [0.05, 0.1) is 12.0 Å². The fourth-order valence-electron chi connectivity index (χ4n) is 2.22. The first-order chi connectivity index (χ1) is 9.20. The highest BCUT2D eigenvalue weighted by Gasteiger charge is 2.14. The van der Waals surface area contributed by atoms with Crippen molar-refractivity contribution in [1.82, 2.24) is 4.98 Å². The van der Waals surface area contributed by atoms with Crippen molar-refractivity contribution in [3.05, 3.63) is 22.9 Å². The van der Waals surface area contributed by atoms with Crippen LogP contribution in [0.5, 0.6) is 0 Å². The van der Waals surface area contributed by atoms with E-state index in [0.717, 1.165) is 31.4 Å². The van der Waals surface area contributed by atoms with E-state index >= 15 is 0 Å². The molecule has 100 valence electrons. The van der Waals surface area contributed by atoms with Crippen LogP contribution in [0.1, 0.15) is 42.5 Å². The van der Waals surface area contributed by atoms with Crippen molar-refractivity contribution in [2.24, 2.45) is 0 Å². The highest BCUT2D eigenvalue weighted by Crippen LogP contribution is 2.27. The second-order valence-corrected chi connectivity index (χ2v) is 5.70. The molecule has 0 amide bonds. The summed E-state index contributed by atoms with van der Waals surface area (Å²) in [6.45, 7) is 0. The predicted octanol–water partition coefficient (Wildman–Crippen LogP) is 2.79. The van der Waals surface area contributed by atoms with Gasteiger partial charge in [0, 0.05) is 11.4 Å². The summed E-state index contributed by atoms with van der Waals surface area (Å²) < 4.78 is 0. The smallest absolute Gasteiger partial charge is 0.304 e. The molecule has 0 unspecified atom stereocenters. The second-order valence-electron chi connectivity index (χ2n) is 4.61. The molecule has 2 rings (SSSR count). The zero-order valence-corrected chi connectivity index (χ0v) is 11.5. The normalized spacial score (nSPS) is 14.3. The Morgan fingerprint density at radius 1 is 1.42 bits per heavy atom. The molecule has 5 heteroatoms. The number of hydrogen-bond donors (Lipinski definition) is 1. The summed E-state index contributed by atoms with van der Waals surface area (Å²) in [5.74, 6) is -0.365. The molecule has 1 aliphatic carbocycles. The maximum absolute atomic E-state index is 10.5. The number of carbonyl (C=O) groups is 1. The van der Waals surface area contributed by atoms with Crippen molar-refractivity contribution in [3.8, 4) is 6.07 Å². The Bertz CT molecular complexity index is 523. The van der Waals surface area contributed by atoms with Gasteiger partial charge < -0.3 is 5.11 Å². The van der Waals surface area contributed by atoms with Crippen LogP contribution in [-0.4, -0.2) is 21.8 Å². The van der Waals surface area contributed by atoms with Crippen LogP contribution in [0.3, 0.4) is 0 Å². The minimum absolute atomic E-state index is 0.0916. The van der Waals surface area contributed by atoms with Crippen molar-refractivity contribution in [1.29, 1.82) is 5.26 Å². The number of pyridine rings is 1. The number of rotatable bonds is 4. The summed E-state index contributed by atoms with van der Waals surface area (Å²) in [4.78, 5) is 15.1. The standard InChI is InChI=1S/C14H16N2O2S/c15-9-11-8-10-4-2-1-3-5-12(10)16-14(11)19-7-6-13(17)18/h8H,1-7H2,(H,17,18). The Hall–Kier alpha value is -1.54. The monoisotopic (exact) mass is 276 g/mol. The van der Waals surface area contributed by atoms with Crippen molar-refractivity contribution in [2.45, 2.75) is 43.6 Å². The molecule has 1 N–H and O–H groups in total. The Kier molecular flexibility index (Phi) is 4.80. The Morgan fingerprint density at radius 3 is 2.95 bits per heavy atom. The van der Waals surface area contributed by atoms with Crippen LogP contribution in [0.25, 0.3) is 0 Å². The molecule has 1 aliphatic rings. The third kappa shape index (κ3) is 3.71. The molecule has 1 aromatic rings. The van der Waals surface area contributed by atoms with Gasteiger partial charge in [0.15, 0.2) is 0 Å². The van der Waals surface area contributed by atoms with Crippen LogP contribution < -0.4 is 0 Å². The van der Waals surface area contributed by atoms with Gasteiger partial charge in [0.25, 0.3) is 0 Å². The van der Waals surface area contributed by atoms with E-state index in [2.05, 4.69) is 11.1 Å². The van der Waals surface area contributed by atoms with Gasteiger partial charge in [-0.2, -0.15) is 5.26 Å². The Balaban J connectivity index is 2.20. The highest BCUT2D eigenvalue weighted by atomic mass is 32.2. The fourth-order valence-corrected chi connectivity index (χ4v) is 3.12. The van der Waals surface area contributed by atoms with Gasteiger partial charge in [0.2, 0.25) is 0 Å². The minimum atomic E-state index is -0.819. The van der Waals surface area contributed by atoms with Crippen molar-refractivity contribution >= 4 is 17.7 Å². The molecule has 1 aromatic heterocycles. The molecule has 0 radical (unpaired) electrons. The number of carboxylic acid groups (broad SMARTS) is 1. The number of nitrogens with zero attached hydrogens (tertiary/aromatic N) is 2. The molecular formula is C14H16N2O2S. The summed E-state index contributed by atoms with van der Waals surface area (Å²) in [5, 5.41) is 18.5. The quantitative estimate of drug-likeness (QED) is 0.676. The number of fused-ring (bicyclic) bond motifs is 1. The largest absolute Gasteiger partial charge is 0.481 e. The van der Waals surface area contributed by atoms with Crippen LogP contribution in [0.15, 0.2) is 11.1 Å². The number of nitriles is 1. The maximum atomic E-state index is 10.5. The SMILES string of the molecule is N#Cc1cc2c(nc1SCCC(=O)O)CCCCC2. The summed E-state index contributed by atoms with van der Waals surface area (Å²) >= 11 is 1.37. The molecule has 1 heterocycles. The molecule has 0 aromatic carbocycles. The third-order valence-corrected chi connectivity index (χ3v) is 4.18. The predicted molar refractivity (Wildman–Crippen MR) is 73.2 cm³/mol. The number of carboxylic acids is 1. The van der Waals surface area contributed by atoms with E-state index < -0.39 is 5.97 Å². The summed E-state index contributed by atoms with van der Waals surface area (Å²) in [5.41, 5.74) is 2.86. The minimum Gasteiger partial charge on any atom is -0.481 e. The lowest BCUT2D eigenvalue weighted by Crippen LogP contribution is -2.01. The van der Waals surface area contributed by atoms with Gasteiger partial charge in [-0.05, 0) is 37.3 Å². The zero-order valence-electron chi connectivity index (χ0n) is 10.7. The van der Waals surface area contributed by atoms with Gasteiger partial charge in [0.1, 0.15) is 11.1 Å². The van der Waals surface area contributed by atoms with Gasteiger partial charge in [-0.25, -0.2) is 4.98 Å². The molecule has 0 bridgehead atoms. The van der Waals surface area contributed by atoms with Crippen LogP contribution in [0.2, 0.25) is 0 Å². The van der Waals surface area contributed by atoms with Crippen LogP contribution in [0, 0.1) is 11.3 Å². The van der Waals surface area contributed by atoms with Gasteiger partial charge >= 0.3 is 5.97 Å². The molecule has 0 saturated carbocycles. The van der Waals surface area contributed by atoms with Crippen molar-refractivity contribution < 1.29 is 9.90 Å². The number of thioether (sulfide) groups is 1. The lowest BCUT2D eigenvalue weighted by atomic mass is 10.1. The van der Waals surface area contributed by atoms with Gasteiger partial charge in [-0.15, -0.1) is 11.8 Å².